The molecule has 10 heteroatoms. The molecule has 7 nitrogen and oxygen atoms in total. The van der Waals surface area contributed by atoms with E-state index in [9.17, 15) is 27.6 Å². The van der Waals surface area contributed by atoms with Gasteiger partial charge in [0.05, 0.1) is 5.69 Å². The van der Waals surface area contributed by atoms with Crippen LogP contribution in [-0.4, -0.2) is 30.9 Å². The predicted octanol–water partition coefficient (Wildman–Crippen LogP) is 1.19. The lowest BCUT2D eigenvalue weighted by atomic mass is 10.1. The lowest BCUT2D eigenvalue weighted by molar-refractivity contribution is -0.672. The summed E-state index contributed by atoms with van der Waals surface area (Å²) in [4.78, 5) is 36.2. The third-order valence-electron chi connectivity index (χ3n) is 3.86. The number of hydrogen-bond donors (Lipinski definition) is 4. The maximum absolute atomic E-state index is 13.7. The number of anilines is 1. The largest absolute Gasteiger partial charge is 0.338 e. The van der Waals surface area contributed by atoms with Crippen molar-refractivity contribution in [2.45, 2.75) is 13.0 Å². The van der Waals surface area contributed by atoms with E-state index in [-0.39, 0.29) is 6.54 Å². The van der Waals surface area contributed by atoms with Gasteiger partial charge in [-0.05, 0) is 19.1 Å². The lowest BCUT2D eigenvalue weighted by Gasteiger charge is -2.15. The monoisotopic (exact) mass is 409 g/mol. The van der Waals surface area contributed by atoms with Crippen molar-refractivity contribution >= 4 is 23.5 Å². The summed E-state index contributed by atoms with van der Waals surface area (Å²) < 4.78 is 39.9. The molecule has 0 radical (unpaired) electrons. The predicted molar refractivity (Wildman–Crippen MR) is 98.1 cm³/mol. The van der Waals surface area contributed by atoms with Crippen molar-refractivity contribution in [1.82, 2.24) is 10.6 Å². The van der Waals surface area contributed by atoms with Gasteiger partial charge in [0, 0.05) is 12.1 Å². The molecule has 0 heterocycles. The van der Waals surface area contributed by atoms with Crippen LogP contribution < -0.4 is 21.3 Å². The summed E-state index contributed by atoms with van der Waals surface area (Å²) in [5.74, 6) is -6.00. The fourth-order valence-electron chi connectivity index (χ4n) is 2.50. The van der Waals surface area contributed by atoms with Crippen LogP contribution in [0, 0.1) is 17.5 Å². The molecule has 0 spiro atoms. The molecule has 0 aromatic heterocycles. The number of amides is 4. The SMILES string of the molecule is CCNC(=O)NC(=O)[C@@H]([NH2+]CC(=O)Nc1ccc(F)c(F)c1F)c1ccccc1. The molecule has 4 amide bonds. The van der Waals surface area contributed by atoms with E-state index in [2.05, 4.69) is 16.0 Å². The van der Waals surface area contributed by atoms with Gasteiger partial charge < -0.3 is 16.0 Å². The Kier molecular flexibility index (Phi) is 7.72. The molecule has 0 aliphatic heterocycles. The van der Waals surface area contributed by atoms with E-state index in [0.29, 0.717) is 18.2 Å². The summed E-state index contributed by atoms with van der Waals surface area (Å²) in [5, 5.41) is 8.05. The molecule has 1 atom stereocenters. The molecule has 0 bridgehead atoms. The van der Waals surface area contributed by atoms with Crippen LogP contribution in [0.1, 0.15) is 18.5 Å². The van der Waals surface area contributed by atoms with Gasteiger partial charge in [0.1, 0.15) is 0 Å². The minimum absolute atomic E-state index is 0.320. The van der Waals surface area contributed by atoms with E-state index in [1.165, 1.54) is 5.32 Å². The zero-order valence-corrected chi connectivity index (χ0v) is 15.5. The summed E-state index contributed by atoms with van der Waals surface area (Å²) in [6, 6.07) is 8.35. The second-order valence-electron chi connectivity index (χ2n) is 5.95. The number of carbonyl (C=O) groups excluding carboxylic acids is 3. The highest BCUT2D eigenvalue weighted by Crippen LogP contribution is 2.19. The van der Waals surface area contributed by atoms with Gasteiger partial charge in [-0.3, -0.25) is 14.9 Å². The quantitative estimate of drug-likeness (QED) is 0.517. The van der Waals surface area contributed by atoms with Gasteiger partial charge >= 0.3 is 6.03 Å². The Labute approximate surface area is 164 Å². The molecule has 0 saturated carbocycles. The molecular weight excluding hydrogens is 389 g/mol. The lowest BCUT2D eigenvalue weighted by Crippen LogP contribution is -2.89. The van der Waals surface area contributed by atoms with Gasteiger partial charge in [0.2, 0.25) is 0 Å². The number of urea groups is 1. The van der Waals surface area contributed by atoms with Crippen molar-refractivity contribution in [3.05, 3.63) is 65.5 Å². The fourth-order valence-corrected chi connectivity index (χ4v) is 2.50. The fraction of sp³-hybridized carbons (Fsp3) is 0.211. The van der Waals surface area contributed by atoms with Crippen LogP contribution in [0.4, 0.5) is 23.7 Å². The van der Waals surface area contributed by atoms with Gasteiger partial charge in [-0.25, -0.2) is 18.0 Å². The highest BCUT2D eigenvalue weighted by atomic mass is 19.2. The maximum Gasteiger partial charge on any atom is 0.321 e. The number of quaternary nitrogens is 1. The van der Waals surface area contributed by atoms with Crippen LogP contribution in [0.15, 0.2) is 42.5 Å². The molecule has 0 aliphatic rings. The standard InChI is InChI=1S/C19H19F3N4O3/c1-2-23-19(29)26-18(28)17(11-6-4-3-5-7-11)24-10-14(27)25-13-9-8-12(20)15(21)16(13)22/h3-9,17,24H,2,10H2,1H3,(H,25,27)(H2,23,26,28,29)/p+1/t17-/m0/s1. The van der Waals surface area contributed by atoms with Crippen LogP contribution >= 0.6 is 0 Å². The van der Waals surface area contributed by atoms with Crippen molar-refractivity contribution in [2.75, 3.05) is 18.4 Å². The molecule has 2 rings (SSSR count). The maximum atomic E-state index is 13.7. The number of nitrogens with one attached hydrogen (secondary N) is 3. The number of rotatable bonds is 7. The van der Waals surface area contributed by atoms with Gasteiger partial charge in [-0.1, -0.05) is 30.3 Å². The Morgan fingerprint density at radius 2 is 1.69 bits per heavy atom. The summed E-state index contributed by atoms with van der Waals surface area (Å²) in [5.41, 5.74) is 0.00596. The molecule has 0 aliphatic carbocycles. The summed E-state index contributed by atoms with van der Waals surface area (Å²) in [6.07, 6.45) is 0. The first-order chi connectivity index (χ1) is 13.8. The molecule has 29 heavy (non-hydrogen) atoms. The zero-order chi connectivity index (χ0) is 21.4. The first-order valence-electron chi connectivity index (χ1n) is 8.73. The highest BCUT2D eigenvalue weighted by Gasteiger charge is 2.27. The summed E-state index contributed by atoms with van der Waals surface area (Å²) >= 11 is 0. The molecule has 0 unspecified atom stereocenters. The Morgan fingerprint density at radius 1 is 1.00 bits per heavy atom. The van der Waals surface area contributed by atoms with Crippen LogP contribution in [0.3, 0.4) is 0 Å². The Hall–Kier alpha value is -3.40. The van der Waals surface area contributed by atoms with Crippen LogP contribution in [0.25, 0.3) is 0 Å². The van der Waals surface area contributed by atoms with E-state index in [4.69, 9.17) is 0 Å². The molecular formula is C19H20F3N4O3+. The first kappa shape index (κ1) is 21.9. The third kappa shape index (κ3) is 6.04. The molecule has 2 aromatic rings. The molecule has 154 valence electrons. The number of nitrogens with two attached hydrogens (primary N) is 1. The van der Waals surface area contributed by atoms with Crippen LogP contribution in [-0.2, 0) is 9.59 Å². The Balaban J connectivity index is 2.07. The van der Waals surface area contributed by atoms with Crippen LogP contribution in [0.2, 0.25) is 0 Å². The summed E-state index contributed by atoms with van der Waals surface area (Å²) in [7, 11) is 0. The topological polar surface area (TPSA) is 104 Å². The minimum atomic E-state index is -1.70. The third-order valence-corrected chi connectivity index (χ3v) is 3.86. The van der Waals surface area contributed by atoms with Gasteiger partial charge in [-0.15, -0.1) is 0 Å². The minimum Gasteiger partial charge on any atom is -0.338 e. The van der Waals surface area contributed by atoms with E-state index < -0.39 is 47.0 Å². The number of imide groups is 1. The molecule has 2 aromatic carbocycles. The number of hydrogen-bond acceptors (Lipinski definition) is 3. The van der Waals surface area contributed by atoms with E-state index >= 15 is 0 Å². The van der Waals surface area contributed by atoms with Crippen molar-refractivity contribution in [1.29, 1.82) is 0 Å². The van der Waals surface area contributed by atoms with Crippen molar-refractivity contribution < 1.29 is 32.9 Å². The Morgan fingerprint density at radius 3 is 2.34 bits per heavy atom. The second kappa shape index (κ2) is 10.2. The summed E-state index contributed by atoms with van der Waals surface area (Å²) in [6.45, 7) is 1.66. The smallest absolute Gasteiger partial charge is 0.321 e. The Bertz CT molecular complexity index is 894. The van der Waals surface area contributed by atoms with E-state index in [1.54, 1.807) is 37.3 Å². The molecule has 0 fully saturated rings. The molecule has 5 N–H and O–H groups in total. The van der Waals surface area contributed by atoms with Gasteiger partial charge in [0.15, 0.2) is 30.0 Å². The van der Waals surface area contributed by atoms with E-state index in [1.807, 2.05) is 0 Å². The van der Waals surface area contributed by atoms with Crippen molar-refractivity contribution in [2.24, 2.45) is 0 Å². The normalized spacial score (nSPS) is 11.4. The van der Waals surface area contributed by atoms with Crippen molar-refractivity contribution in [3.63, 3.8) is 0 Å². The average molecular weight is 409 g/mol. The van der Waals surface area contributed by atoms with Gasteiger partial charge in [-0.2, -0.15) is 0 Å². The number of benzene rings is 2. The zero-order valence-electron chi connectivity index (χ0n) is 15.5. The number of carbonyl (C=O) groups is 3. The number of halogens is 3. The van der Waals surface area contributed by atoms with Crippen molar-refractivity contribution in [3.8, 4) is 0 Å². The first-order valence-corrected chi connectivity index (χ1v) is 8.73. The van der Waals surface area contributed by atoms with E-state index in [0.717, 1.165) is 6.07 Å². The molecule has 0 saturated heterocycles. The van der Waals surface area contributed by atoms with Gasteiger partial charge in [0.25, 0.3) is 11.8 Å². The second-order valence-corrected chi connectivity index (χ2v) is 5.95. The highest BCUT2D eigenvalue weighted by molar-refractivity contribution is 5.97. The van der Waals surface area contributed by atoms with Crippen LogP contribution in [0.5, 0.6) is 0 Å². The average Bonchev–Trinajstić information content (AvgIpc) is 2.69.